The maximum atomic E-state index is 3.49. The van der Waals surface area contributed by atoms with Crippen molar-refractivity contribution in [3.05, 3.63) is 35.4 Å². The van der Waals surface area contributed by atoms with Gasteiger partial charge in [0.05, 0.1) is 0 Å². The van der Waals surface area contributed by atoms with Crippen LogP contribution in [0.5, 0.6) is 0 Å². The highest BCUT2D eigenvalue weighted by Gasteiger charge is 2.23. The first kappa shape index (κ1) is 18.2. The van der Waals surface area contributed by atoms with E-state index in [1.54, 1.807) is 0 Å². The molecule has 0 saturated carbocycles. The minimum Gasteiger partial charge on any atom is -0.312 e. The number of hydrogen-bond donors (Lipinski definition) is 1. The number of benzene rings is 1. The lowest BCUT2D eigenvalue weighted by molar-refractivity contribution is 0.134. The molecule has 120 valence electrons. The van der Waals surface area contributed by atoms with Gasteiger partial charge < -0.3 is 5.32 Å². The van der Waals surface area contributed by atoms with Crippen LogP contribution in [0.1, 0.15) is 52.7 Å². The van der Waals surface area contributed by atoms with Crippen LogP contribution in [0.15, 0.2) is 24.3 Å². The van der Waals surface area contributed by atoms with Gasteiger partial charge in [-0.2, -0.15) is 0 Å². The summed E-state index contributed by atoms with van der Waals surface area (Å²) in [5, 5.41) is 3.49. The smallest absolute Gasteiger partial charge is 0.0233 e. The normalized spacial score (nSPS) is 14.0. The molecule has 2 nitrogen and oxygen atoms in total. The fourth-order valence-corrected chi connectivity index (χ4v) is 2.35. The van der Waals surface area contributed by atoms with Crippen LogP contribution < -0.4 is 5.32 Å². The predicted octanol–water partition coefficient (Wildman–Crippen LogP) is 4.30. The Bertz CT molecular complexity index is 401. The highest BCUT2D eigenvalue weighted by atomic mass is 15.1. The summed E-state index contributed by atoms with van der Waals surface area (Å²) in [5.74, 6) is 0.705. The monoisotopic (exact) mass is 290 g/mol. The molecule has 0 saturated heterocycles. The van der Waals surface area contributed by atoms with Crippen molar-refractivity contribution in [1.82, 2.24) is 10.2 Å². The molecule has 1 aromatic rings. The summed E-state index contributed by atoms with van der Waals surface area (Å²) in [4.78, 5) is 2.44. The van der Waals surface area contributed by atoms with Crippen molar-refractivity contribution in [2.75, 3.05) is 13.6 Å². The largest absolute Gasteiger partial charge is 0.312 e. The minimum absolute atomic E-state index is 0.315. The van der Waals surface area contributed by atoms with Crippen molar-refractivity contribution in [1.29, 1.82) is 0 Å². The van der Waals surface area contributed by atoms with Gasteiger partial charge in [-0.05, 0) is 43.0 Å². The molecule has 0 aliphatic rings. The lowest BCUT2D eigenvalue weighted by Gasteiger charge is -2.35. The molecule has 0 aliphatic carbocycles. The zero-order valence-electron chi connectivity index (χ0n) is 15.0. The zero-order valence-corrected chi connectivity index (χ0v) is 15.0. The van der Waals surface area contributed by atoms with Gasteiger partial charge in [-0.15, -0.1) is 0 Å². The Kier molecular flexibility index (Phi) is 6.89. The molecular formula is C19H34N2. The van der Waals surface area contributed by atoms with Crippen LogP contribution in [0, 0.1) is 11.3 Å². The molecule has 1 N–H and O–H groups in total. The van der Waals surface area contributed by atoms with Crippen molar-refractivity contribution < 1.29 is 0 Å². The first-order chi connectivity index (χ1) is 9.70. The summed E-state index contributed by atoms with van der Waals surface area (Å²) < 4.78 is 0. The van der Waals surface area contributed by atoms with Gasteiger partial charge >= 0.3 is 0 Å². The fourth-order valence-electron chi connectivity index (χ4n) is 2.35. The molecule has 21 heavy (non-hydrogen) atoms. The molecule has 0 aliphatic heterocycles. The van der Waals surface area contributed by atoms with Gasteiger partial charge in [0.25, 0.3) is 0 Å². The second kappa shape index (κ2) is 7.95. The second-order valence-corrected chi connectivity index (χ2v) is 7.80. The summed E-state index contributed by atoms with van der Waals surface area (Å²) in [7, 11) is 2.22. The van der Waals surface area contributed by atoms with E-state index < -0.39 is 0 Å². The summed E-state index contributed by atoms with van der Waals surface area (Å²) >= 11 is 0. The molecule has 1 atom stereocenters. The Hall–Kier alpha value is -0.860. The van der Waals surface area contributed by atoms with Crippen molar-refractivity contribution >= 4 is 0 Å². The van der Waals surface area contributed by atoms with Gasteiger partial charge in [0.15, 0.2) is 0 Å². The SMILES string of the molecule is CC(C)CNCc1ccc(CN(C)C(C)C(C)(C)C)cc1. The van der Waals surface area contributed by atoms with Crippen LogP contribution in [0.25, 0.3) is 0 Å². The molecule has 1 aromatic carbocycles. The third-order valence-corrected chi connectivity index (χ3v) is 4.25. The quantitative estimate of drug-likeness (QED) is 0.805. The van der Waals surface area contributed by atoms with Crippen molar-refractivity contribution in [2.24, 2.45) is 11.3 Å². The van der Waals surface area contributed by atoms with E-state index in [1.165, 1.54) is 11.1 Å². The van der Waals surface area contributed by atoms with Crippen LogP contribution in [0.2, 0.25) is 0 Å². The van der Waals surface area contributed by atoms with Gasteiger partial charge in [0.2, 0.25) is 0 Å². The maximum absolute atomic E-state index is 3.49. The molecule has 0 amide bonds. The van der Waals surface area contributed by atoms with Crippen LogP contribution in [-0.2, 0) is 13.1 Å². The van der Waals surface area contributed by atoms with E-state index in [1.807, 2.05) is 0 Å². The van der Waals surface area contributed by atoms with Gasteiger partial charge in [0.1, 0.15) is 0 Å². The van der Waals surface area contributed by atoms with Crippen LogP contribution in [-0.4, -0.2) is 24.5 Å². The molecule has 0 bridgehead atoms. The van der Waals surface area contributed by atoms with E-state index in [0.717, 1.165) is 19.6 Å². The van der Waals surface area contributed by atoms with Crippen molar-refractivity contribution in [3.63, 3.8) is 0 Å². The molecule has 0 aromatic heterocycles. The van der Waals surface area contributed by atoms with Gasteiger partial charge in [-0.3, -0.25) is 4.90 Å². The summed E-state index contributed by atoms with van der Waals surface area (Å²) in [5.41, 5.74) is 3.07. The first-order valence-corrected chi connectivity index (χ1v) is 8.19. The topological polar surface area (TPSA) is 15.3 Å². The Morgan fingerprint density at radius 2 is 1.52 bits per heavy atom. The highest BCUT2D eigenvalue weighted by Crippen LogP contribution is 2.24. The van der Waals surface area contributed by atoms with Crippen molar-refractivity contribution in [3.8, 4) is 0 Å². The lowest BCUT2D eigenvalue weighted by Crippen LogP contribution is -2.38. The van der Waals surface area contributed by atoms with Crippen molar-refractivity contribution in [2.45, 2.75) is 60.7 Å². The zero-order chi connectivity index (χ0) is 16.0. The number of rotatable bonds is 7. The van der Waals surface area contributed by atoms with Crippen LogP contribution in [0.4, 0.5) is 0 Å². The Balaban J connectivity index is 2.51. The standard InChI is InChI=1S/C19H34N2/c1-15(2)12-20-13-17-8-10-18(11-9-17)14-21(7)16(3)19(4,5)6/h8-11,15-16,20H,12-14H2,1-7H3. The Morgan fingerprint density at radius 3 is 2.00 bits per heavy atom. The van der Waals surface area contributed by atoms with E-state index in [4.69, 9.17) is 0 Å². The molecule has 1 unspecified atom stereocenters. The van der Waals surface area contributed by atoms with E-state index in [0.29, 0.717) is 17.4 Å². The summed E-state index contributed by atoms with van der Waals surface area (Å²) in [6, 6.07) is 9.58. The van der Waals surface area contributed by atoms with Gasteiger partial charge in [-0.25, -0.2) is 0 Å². The molecule has 0 radical (unpaired) electrons. The van der Waals surface area contributed by atoms with E-state index in [2.05, 4.69) is 83.1 Å². The Morgan fingerprint density at radius 1 is 1.00 bits per heavy atom. The highest BCUT2D eigenvalue weighted by molar-refractivity contribution is 5.22. The fraction of sp³-hybridized carbons (Fsp3) is 0.684. The molecule has 0 fully saturated rings. The molecule has 1 rings (SSSR count). The molecule has 0 spiro atoms. The average molecular weight is 290 g/mol. The number of hydrogen-bond acceptors (Lipinski definition) is 2. The molecule has 2 heteroatoms. The summed E-state index contributed by atoms with van der Waals surface area (Å²) in [6.45, 7) is 16.8. The van der Waals surface area contributed by atoms with E-state index >= 15 is 0 Å². The average Bonchev–Trinajstić information content (AvgIpc) is 2.38. The van der Waals surface area contributed by atoms with Gasteiger partial charge in [0, 0.05) is 19.1 Å². The predicted molar refractivity (Wildman–Crippen MR) is 93.4 cm³/mol. The second-order valence-electron chi connectivity index (χ2n) is 7.80. The molecule has 0 heterocycles. The van der Waals surface area contributed by atoms with Gasteiger partial charge in [-0.1, -0.05) is 58.9 Å². The van der Waals surface area contributed by atoms with E-state index in [9.17, 15) is 0 Å². The number of nitrogens with one attached hydrogen (secondary N) is 1. The Labute approximate surface area is 131 Å². The third-order valence-electron chi connectivity index (χ3n) is 4.25. The van der Waals surface area contributed by atoms with Crippen LogP contribution >= 0.6 is 0 Å². The number of nitrogens with zero attached hydrogens (tertiary/aromatic N) is 1. The summed E-state index contributed by atoms with van der Waals surface area (Å²) in [6.07, 6.45) is 0. The lowest BCUT2D eigenvalue weighted by atomic mass is 9.87. The molecular weight excluding hydrogens is 256 g/mol. The van der Waals surface area contributed by atoms with E-state index in [-0.39, 0.29) is 0 Å². The maximum Gasteiger partial charge on any atom is 0.0233 e. The minimum atomic E-state index is 0.315. The third kappa shape index (κ3) is 6.62. The van der Waals surface area contributed by atoms with Crippen LogP contribution in [0.3, 0.4) is 0 Å². The first-order valence-electron chi connectivity index (χ1n) is 8.19.